The second kappa shape index (κ2) is 8.22. The Labute approximate surface area is 110 Å². The summed E-state index contributed by atoms with van der Waals surface area (Å²) in [5, 5.41) is 0. The van der Waals surface area contributed by atoms with Gasteiger partial charge in [-0.05, 0) is 17.8 Å². The molecule has 0 heterocycles. The number of hydrogen-bond donors (Lipinski definition) is 0. The molecule has 0 amide bonds. The van der Waals surface area contributed by atoms with Gasteiger partial charge in [-0.3, -0.25) is 0 Å². The van der Waals surface area contributed by atoms with E-state index in [1.807, 2.05) is 0 Å². The lowest BCUT2D eigenvalue weighted by Gasteiger charge is -2.25. The zero-order valence-electron chi connectivity index (χ0n) is 12.7. The summed E-state index contributed by atoms with van der Waals surface area (Å²) in [6.45, 7) is 9.81. The lowest BCUT2D eigenvalue weighted by molar-refractivity contribution is 0.342. The van der Waals surface area contributed by atoms with Crippen molar-refractivity contribution in [2.75, 3.05) is 0 Å². The first-order chi connectivity index (χ1) is 8.13. The highest BCUT2D eigenvalue weighted by Crippen LogP contribution is 2.32. The Morgan fingerprint density at radius 2 is 1.24 bits per heavy atom. The minimum atomic E-state index is 0.956. The molecular formula is C16H33B. The molecule has 0 spiro atoms. The molecule has 17 heavy (non-hydrogen) atoms. The second-order valence-electron chi connectivity index (χ2n) is 6.80. The molecule has 0 saturated heterocycles. The summed E-state index contributed by atoms with van der Waals surface area (Å²) in [6, 6.07) is 0. The molecule has 4 unspecified atom stereocenters. The third-order valence-corrected chi connectivity index (χ3v) is 5.11. The fraction of sp³-hybridized carbons (Fsp3) is 1.00. The highest BCUT2D eigenvalue weighted by Gasteiger charge is 2.18. The van der Waals surface area contributed by atoms with Crippen LogP contribution in [0, 0.1) is 17.8 Å². The van der Waals surface area contributed by atoms with Crippen molar-refractivity contribution in [2.24, 2.45) is 17.8 Å². The fourth-order valence-corrected chi connectivity index (χ4v) is 3.51. The Hall–Kier alpha value is 0.0649. The summed E-state index contributed by atoms with van der Waals surface area (Å²) in [4.78, 5) is 0. The SMILES string of the molecule is CBC1CCCC(C)CCCC(C)CCC1C. The van der Waals surface area contributed by atoms with Gasteiger partial charge in [-0.25, -0.2) is 0 Å². The van der Waals surface area contributed by atoms with E-state index < -0.39 is 0 Å². The third-order valence-electron chi connectivity index (χ3n) is 5.11. The Bertz CT molecular complexity index is 190. The molecule has 0 aromatic carbocycles. The summed E-state index contributed by atoms with van der Waals surface area (Å²) in [7, 11) is 1.39. The standard InChI is InChI=1S/C16H33B/c1-13-7-5-8-14(2)11-12-15(3)16(17-4)10-6-9-13/h13-17H,5-12H2,1-4H3. The minimum absolute atomic E-state index is 0.956. The highest BCUT2D eigenvalue weighted by molar-refractivity contribution is 6.35. The monoisotopic (exact) mass is 236 g/mol. The van der Waals surface area contributed by atoms with Crippen molar-refractivity contribution >= 4 is 7.28 Å². The molecule has 0 aliphatic heterocycles. The Morgan fingerprint density at radius 3 is 1.82 bits per heavy atom. The average Bonchev–Trinajstić information content (AvgIpc) is 2.30. The van der Waals surface area contributed by atoms with Crippen LogP contribution in [-0.2, 0) is 0 Å². The van der Waals surface area contributed by atoms with Crippen LogP contribution in [0.4, 0.5) is 0 Å². The van der Waals surface area contributed by atoms with Crippen LogP contribution in [-0.4, -0.2) is 7.28 Å². The third kappa shape index (κ3) is 5.97. The van der Waals surface area contributed by atoms with Crippen LogP contribution < -0.4 is 0 Å². The fourth-order valence-electron chi connectivity index (χ4n) is 3.51. The molecule has 1 aliphatic carbocycles. The molecule has 4 atom stereocenters. The molecule has 0 aromatic heterocycles. The van der Waals surface area contributed by atoms with Crippen molar-refractivity contribution in [2.45, 2.75) is 84.8 Å². The van der Waals surface area contributed by atoms with Gasteiger partial charge in [0.1, 0.15) is 7.28 Å². The molecule has 0 N–H and O–H groups in total. The van der Waals surface area contributed by atoms with Crippen molar-refractivity contribution in [1.82, 2.24) is 0 Å². The largest absolute Gasteiger partial charge is 0.121 e. The lowest BCUT2D eigenvalue weighted by atomic mass is 9.58. The summed E-state index contributed by atoms with van der Waals surface area (Å²) in [6.07, 6.45) is 11.8. The maximum Gasteiger partial charge on any atom is 0.121 e. The molecular weight excluding hydrogens is 203 g/mol. The minimum Gasteiger partial charge on any atom is -0.0891 e. The molecule has 1 aliphatic rings. The van der Waals surface area contributed by atoms with Crippen LogP contribution >= 0.6 is 0 Å². The van der Waals surface area contributed by atoms with Gasteiger partial charge in [0.05, 0.1) is 0 Å². The van der Waals surface area contributed by atoms with Crippen LogP contribution in [0.5, 0.6) is 0 Å². The van der Waals surface area contributed by atoms with E-state index in [4.69, 9.17) is 0 Å². The lowest BCUT2D eigenvalue weighted by Crippen LogP contribution is -2.13. The van der Waals surface area contributed by atoms with Gasteiger partial charge in [-0.1, -0.05) is 84.8 Å². The predicted molar refractivity (Wildman–Crippen MR) is 81.2 cm³/mol. The quantitative estimate of drug-likeness (QED) is 0.542. The molecule has 0 aromatic rings. The summed E-state index contributed by atoms with van der Waals surface area (Å²) < 4.78 is 0. The van der Waals surface area contributed by atoms with E-state index in [-0.39, 0.29) is 0 Å². The predicted octanol–water partition coefficient (Wildman–Crippen LogP) is 5.30. The molecule has 100 valence electrons. The first-order valence-electron chi connectivity index (χ1n) is 8.13. The average molecular weight is 236 g/mol. The first-order valence-corrected chi connectivity index (χ1v) is 8.13. The summed E-state index contributed by atoms with van der Waals surface area (Å²) in [5.41, 5.74) is 0. The van der Waals surface area contributed by atoms with Crippen molar-refractivity contribution in [3.05, 3.63) is 0 Å². The van der Waals surface area contributed by atoms with Crippen molar-refractivity contribution < 1.29 is 0 Å². The maximum absolute atomic E-state index is 2.50. The van der Waals surface area contributed by atoms with Crippen LogP contribution in [0.2, 0.25) is 12.6 Å². The van der Waals surface area contributed by atoms with E-state index in [9.17, 15) is 0 Å². The van der Waals surface area contributed by atoms with Gasteiger partial charge in [0.15, 0.2) is 0 Å². The number of rotatable bonds is 1. The van der Waals surface area contributed by atoms with E-state index in [2.05, 4.69) is 27.6 Å². The van der Waals surface area contributed by atoms with E-state index in [0.717, 1.165) is 23.6 Å². The van der Waals surface area contributed by atoms with Gasteiger partial charge in [0.25, 0.3) is 0 Å². The van der Waals surface area contributed by atoms with Crippen LogP contribution in [0.15, 0.2) is 0 Å². The van der Waals surface area contributed by atoms with Crippen molar-refractivity contribution in [1.29, 1.82) is 0 Å². The van der Waals surface area contributed by atoms with Gasteiger partial charge in [-0.2, -0.15) is 0 Å². The smallest absolute Gasteiger partial charge is 0.0891 e. The van der Waals surface area contributed by atoms with Gasteiger partial charge in [0, 0.05) is 0 Å². The Balaban J connectivity index is 2.47. The van der Waals surface area contributed by atoms with Gasteiger partial charge in [0.2, 0.25) is 0 Å². The van der Waals surface area contributed by atoms with E-state index in [1.165, 1.54) is 58.6 Å². The van der Waals surface area contributed by atoms with Crippen molar-refractivity contribution in [3.8, 4) is 0 Å². The molecule has 0 radical (unpaired) electrons. The molecule has 0 nitrogen and oxygen atoms in total. The Morgan fingerprint density at radius 1 is 0.706 bits per heavy atom. The number of hydrogen-bond acceptors (Lipinski definition) is 0. The molecule has 0 bridgehead atoms. The van der Waals surface area contributed by atoms with E-state index in [1.54, 1.807) is 0 Å². The zero-order valence-corrected chi connectivity index (χ0v) is 12.7. The van der Waals surface area contributed by atoms with Crippen LogP contribution in [0.1, 0.15) is 72.1 Å². The summed E-state index contributed by atoms with van der Waals surface area (Å²) >= 11 is 0. The second-order valence-corrected chi connectivity index (χ2v) is 6.80. The maximum atomic E-state index is 2.50. The normalized spacial score (nSPS) is 37.9. The van der Waals surface area contributed by atoms with Crippen LogP contribution in [0.25, 0.3) is 0 Å². The van der Waals surface area contributed by atoms with Gasteiger partial charge < -0.3 is 0 Å². The molecule has 1 rings (SSSR count). The van der Waals surface area contributed by atoms with E-state index in [0.29, 0.717) is 0 Å². The van der Waals surface area contributed by atoms with E-state index >= 15 is 0 Å². The highest BCUT2D eigenvalue weighted by atomic mass is 14.2. The van der Waals surface area contributed by atoms with Gasteiger partial charge in [-0.15, -0.1) is 0 Å². The van der Waals surface area contributed by atoms with Crippen LogP contribution in [0.3, 0.4) is 0 Å². The Kier molecular flexibility index (Phi) is 7.31. The van der Waals surface area contributed by atoms with Crippen molar-refractivity contribution in [3.63, 3.8) is 0 Å². The topological polar surface area (TPSA) is 0 Å². The van der Waals surface area contributed by atoms with Gasteiger partial charge >= 0.3 is 0 Å². The molecule has 1 saturated carbocycles. The summed E-state index contributed by atoms with van der Waals surface area (Å²) in [5.74, 6) is 3.88. The molecule has 1 heteroatoms. The zero-order chi connectivity index (χ0) is 12.7. The molecule has 1 fully saturated rings. The first kappa shape index (κ1) is 15.1.